The second-order valence-corrected chi connectivity index (χ2v) is 2.35. The van der Waals surface area contributed by atoms with Gasteiger partial charge in [-0.05, 0) is 13.0 Å². The highest BCUT2D eigenvalue weighted by molar-refractivity contribution is 4.48. The number of hydrazine groups is 2. The lowest BCUT2D eigenvalue weighted by Crippen LogP contribution is -2.47. The Morgan fingerprint density at radius 2 is 1.73 bits per heavy atom. The van der Waals surface area contributed by atoms with Crippen LogP contribution in [0.25, 0.3) is 0 Å². The summed E-state index contributed by atoms with van der Waals surface area (Å²) in [5, 5.41) is 5.25. The van der Waals surface area contributed by atoms with Crippen LogP contribution in [0.1, 0.15) is 13.3 Å². The van der Waals surface area contributed by atoms with Crippen LogP contribution in [-0.4, -0.2) is 38.8 Å². The molecule has 3 N–H and O–H groups in total. The summed E-state index contributed by atoms with van der Waals surface area (Å²) < 4.78 is 0. The predicted octanol–water partition coefficient (Wildman–Crippen LogP) is -0.443. The zero-order chi connectivity index (χ0) is 8.53. The molecule has 0 saturated carbocycles. The first-order chi connectivity index (χ1) is 5.35. The zero-order valence-electron chi connectivity index (χ0n) is 7.78. The second-order valence-electron chi connectivity index (χ2n) is 2.35. The minimum Gasteiger partial charge on any atom is -0.315 e. The number of nitrogens with one attached hydrogen (secondary N) is 3. The van der Waals surface area contributed by atoms with Crippen molar-refractivity contribution in [3.63, 3.8) is 0 Å². The van der Waals surface area contributed by atoms with E-state index in [0.29, 0.717) is 0 Å². The number of hydrogen-bond acceptors (Lipinski definition) is 4. The van der Waals surface area contributed by atoms with Crippen LogP contribution in [0.4, 0.5) is 0 Å². The van der Waals surface area contributed by atoms with Crippen LogP contribution in [0.5, 0.6) is 0 Å². The lowest BCUT2D eigenvalue weighted by molar-refractivity contribution is 0.147. The van der Waals surface area contributed by atoms with Gasteiger partial charge in [0.2, 0.25) is 0 Å². The van der Waals surface area contributed by atoms with Crippen LogP contribution in [0.15, 0.2) is 0 Å². The minimum absolute atomic E-state index is 0.965. The van der Waals surface area contributed by atoms with Crippen LogP contribution in [-0.2, 0) is 0 Å². The molecule has 0 aliphatic carbocycles. The fourth-order valence-electron chi connectivity index (χ4n) is 0.828. The normalized spacial score (nSPS) is 10.9. The highest BCUT2D eigenvalue weighted by Gasteiger charge is 1.94. The van der Waals surface area contributed by atoms with Crippen LogP contribution in [0.2, 0.25) is 0 Å². The summed E-state index contributed by atoms with van der Waals surface area (Å²) in [6.45, 7) is 5.24. The van der Waals surface area contributed by atoms with E-state index in [-0.39, 0.29) is 0 Å². The van der Waals surface area contributed by atoms with Crippen molar-refractivity contribution in [2.45, 2.75) is 13.3 Å². The van der Waals surface area contributed by atoms with Gasteiger partial charge in [-0.3, -0.25) is 0 Å². The fourth-order valence-corrected chi connectivity index (χ4v) is 0.828. The maximum atomic E-state index is 3.31. The molecule has 4 nitrogen and oxygen atoms in total. The van der Waals surface area contributed by atoms with Gasteiger partial charge < -0.3 is 5.32 Å². The van der Waals surface area contributed by atoms with Gasteiger partial charge in [0.1, 0.15) is 0 Å². The molecule has 0 amide bonds. The van der Waals surface area contributed by atoms with Crippen molar-refractivity contribution in [3.8, 4) is 0 Å². The lowest BCUT2D eigenvalue weighted by atomic mass is 10.5. The summed E-state index contributed by atoms with van der Waals surface area (Å²) in [5.74, 6) is 0. The molecule has 0 aliphatic rings. The molecule has 0 heterocycles. The first kappa shape index (κ1) is 10.8. The average Bonchev–Trinajstić information content (AvgIpc) is 2.05. The number of nitrogens with zero attached hydrogens (tertiary/aromatic N) is 1. The molecule has 0 atom stereocenters. The Labute approximate surface area is 69.3 Å². The van der Waals surface area contributed by atoms with Gasteiger partial charge in [0, 0.05) is 27.2 Å². The van der Waals surface area contributed by atoms with Gasteiger partial charge in [-0.1, -0.05) is 6.92 Å². The Hall–Kier alpha value is -0.160. The first-order valence-corrected chi connectivity index (χ1v) is 4.18. The largest absolute Gasteiger partial charge is 0.315 e. The summed E-state index contributed by atoms with van der Waals surface area (Å²) in [4.78, 5) is 0. The van der Waals surface area contributed by atoms with Gasteiger partial charge in [-0.15, -0.1) is 0 Å². The Balaban J connectivity index is 3.07. The maximum absolute atomic E-state index is 3.31. The van der Waals surface area contributed by atoms with Crippen LogP contribution in [0, 0.1) is 0 Å². The fraction of sp³-hybridized carbons (Fsp3) is 1.00. The van der Waals surface area contributed by atoms with Crippen molar-refractivity contribution in [3.05, 3.63) is 0 Å². The van der Waals surface area contributed by atoms with Crippen molar-refractivity contribution in [1.82, 2.24) is 21.3 Å². The smallest absolute Gasteiger partial charge is 0.0413 e. The third-order valence-electron chi connectivity index (χ3n) is 1.48. The standard InChI is InChI=1S/C7H20N4/c1-4-5-10-6-7-11(8-2)9-3/h8-10H,4-7H2,1-3H3. The summed E-state index contributed by atoms with van der Waals surface area (Å²) in [6, 6.07) is 0. The highest BCUT2D eigenvalue weighted by atomic mass is 15.7. The van der Waals surface area contributed by atoms with Gasteiger partial charge in [0.05, 0.1) is 0 Å². The Morgan fingerprint density at radius 1 is 1.09 bits per heavy atom. The molecule has 0 aliphatic heterocycles. The van der Waals surface area contributed by atoms with Crippen molar-refractivity contribution < 1.29 is 0 Å². The SMILES string of the molecule is CCCNCCN(NC)NC. The molecule has 0 aromatic rings. The molecule has 0 radical (unpaired) electrons. The molecular weight excluding hydrogens is 140 g/mol. The van der Waals surface area contributed by atoms with E-state index < -0.39 is 0 Å². The molecule has 0 unspecified atom stereocenters. The molecule has 4 heteroatoms. The lowest BCUT2D eigenvalue weighted by Gasteiger charge is -2.19. The Bertz CT molecular complexity index is 72.8. The third kappa shape index (κ3) is 6.25. The van der Waals surface area contributed by atoms with Gasteiger partial charge in [0.25, 0.3) is 0 Å². The molecule has 0 saturated heterocycles. The summed E-state index contributed by atoms with van der Waals surface area (Å²) in [5.41, 5.74) is 6.02. The maximum Gasteiger partial charge on any atom is 0.0413 e. The van der Waals surface area contributed by atoms with E-state index in [1.54, 1.807) is 0 Å². The van der Waals surface area contributed by atoms with Gasteiger partial charge in [-0.25, -0.2) is 10.9 Å². The molecule has 0 aromatic heterocycles. The summed E-state index contributed by atoms with van der Waals surface area (Å²) in [6.07, 6.45) is 1.19. The van der Waals surface area contributed by atoms with Crippen LogP contribution >= 0.6 is 0 Å². The van der Waals surface area contributed by atoms with E-state index in [9.17, 15) is 0 Å². The monoisotopic (exact) mass is 160 g/mol. The number of hydrogen-bond donors (Lipinski definition) is 3. The van der Waals surface area contributed by atoms with E-state index in [1.165, 1.54) is 6.42 Å². The van der Waals surface area contributed by atoms with Gasteiger partial charge in [-0.2, -0.15) is 5.12 Å². The van der Waals surface area contributed by atoms with E-state index in [1.807, 2.05) is 19.2 Å². The van der Waals surface area contributed by atoms with Crippen LogP contribution < -0.4 is 16.2 Å². The summed E-state index contributed by atoms with van der Waals surface area (Å²) in [7, 11) is 3.80. The summed E-state index contributed by atoms with van der Waals surface area (Å²) >= 11 is 0. The first-order valence-electron chi connectivity index (χ1n) is 4.18. The predicted molar refractivity (Wildman–Crippen MR) is 48.0 cm³/mol. The quantitative estimate of drug-likeness (QED) is 0.349. The van der Waals surface area contributed by atoms with Gasteiger partial charge in [0.15, 0.2) is 0 Å². The zero-order valence-corrected chi connectivity index (χ0v) is 7.78. The Morgan fingerprint density at radius 3 is 2.18 bits per heavy atom. The van der Waals surface area contributed by atoms with Crippen molar-refractivity contribution in [1.29, 1.82) is 0 Å². The molecule has 68 valence electrons. The topological polar surface area (TPSA) is 39.3 Å². The number of rotatable bonds is 7. The Kier molecular flexibility index (Phi) is 7.83. The second kappa shape index (κ2) is 7.94. The van der Waals surface area contributed by atoms with Crippen molar-refractivity contribution in [2.24, 2.45) is 0 Å². The molecule has 0 spiro atoms. The molecule has 0 bridgehead atoms. The molecule has 0 rings (SSSR count). The van der Waals surface area contributed by atoms with Crippen molar-refractivity contribution >= 4 is 0 Å². The van der Waals surface area contributed by atoms with E-state index in [2.05, 4.69) is 23.1 Å². The molecule has 0 fully saturated rings. The van der Waals surface area contributed by atoms with Crippen molar-refractivity contribution in [2.75, 3.05) is 33.7 Å². The molecule has 0 aromatic carbocycles. The van der Waals surface area contributed by atoms with Crippen LogP contribution in [0.3, 0.4) is 0 Å². The third-order valence-corrected chi connectivity index (χ3v) is 1.48. The molecular formula is C7H20N4. The minimum atomic E-state index is 0.965. The van der Waals surface area contributed by atoms with Gasteiger partial charge >= 0.3 is 0 Å². The van der Waals surface area contributed by atoms with E-state index >= 15 is 0 Å². The van der Waals surface area contributed by atoms with E-state index in [0.717, 1.165) is 19.6 Å². The average molecular weight is 160 g/mol. The molecule has 11 heavy (non-hydrogen) atoms. The van der Waals surface area contributed by atoms with E-state index in [4.69, 9.17) is 0 Å². The highest BCUT2D eigenvalue weighted by Crippen LogP contribution is 1.72.